The number of hydrazine groups is 1. The van der Waals surface area contributed by atoms with Gasteiger partial charge in [0.1, 0.15) is 5.82 Å². The molecule has 0 atom stereocenters. The van der Waals surface area contributed by atoms with E-state index in [0.29, 0.717) is 5.95 Å². The molecule has 0 spiro atoms. The Labute approximate surface area is 102 Å². The summed E-state index contributed by atoms with van der Waals surface area (Å²) in [5.74, 6) is 7.53. The highest BCUT2D eigenvalue weighted by Crippen LogP contribution is 2.27. The Morgan fingerprint density at radius 1 is 1.35 bits per heavy atom. The molecule has 0 aromatic carbocycles. The van der Waals surface area contributed by atoms with Crippen molar-refractivity contribution in [3.05, 3.63) is 11.8 Å². The molecule has 1 aromatic rings. The van der Waals surface area contributed by atoms with Crippen LogP contribution in [-0.4, -0.2) is 16.5 Å². The number of nitrogens with zero attached hydrogens (tertiary/aromatic N) is 2. The number of hydrogen-bond donors (Lipinski definition) is 3. The van der Waals surface area contributed by atoms with Gasteiger partial charge in [-0.15, -0.1) is 0 Å². The van der Waals surface area contributed by atoms with Crippen LogP contribution in [0.5, 0.6) is 0 Å². The molecular weight excluding hydrogens is 214 g/mol. The van der Waals surface area contributed by atoms with Gasteiger partial charge < -0.3 is 5.32 Å². The summed E-state index contributed by atoms with van der Waals surface area (Å²) in [6, 6.07) is 1.94. The van der Waals surface area contributed by atoms with Gasteiger partial charge in [0.15, 0.2) is 0 Å². The lowest BCUT2D eigenvalue weighted by Crippen LogP contribution is -2.13. The van der Waals surface area contributed by atoms with Crippen LogP contribution in [0.25, 0.3) is 0 Å². The lowest BCUT2D eigenvalue weighted by molar-refractivity contribution is 0.518. The fourth-order valence-corrected chi connectivity index (χ4v) is 2.43. The third-order valence-corrected chi connectivity index (χ3v) is 3.32. The first-order valence-electron chi connectivity index (χ1n) is 6.34. The highest BCUT2D eigenvalue weighted by molar-refractivity contribution is 5.41. The summed E-state index contributed by atoms with van der Waals surface area (Å²) in [4.78, 5) is 8.41. The first-order valence-corrected chi connectivity index (χ1v) is 6.34. The van der Waals surface area contributed by atoms with Crippen LogP contribution in [0.1, 0.15) is 37.8 Å². The van der Waals surface area contributed by atoms with E-state index in [-0.39, 0.29) is 0 Å². The zero-order valence-electron chi connectivity index (χ0n) is 10.4. The Kier molecular flexibility index (Phi) is 4.14. The van der Waals surface area contributed by atoms with Crippen molar-refractivity contribution in [2.45, 2.75) is 39.0 Å². The monoisotopic (exact) mass is 235 g/mol. The number of aryl methyl sites for hydroxylation is 1. The predicted octanol–water partition coefficient (Wildman–Crippen LogP) is 2.06. The fourth-order valence-electron chi connectivity index (χ4n) is 2.43. The molecule has 94 valence electrons. The van der Waals surface area contributed by atoms with Gasteiger partial charge in [-0.25, -0.2) is 10.8 Å². The van der Waals surface area contributed by atoms with Crippen molar-refractivity contribution in [2.75, 3.05) is 17.3 Å². The SMILES string of the molecule is Cc1cc(NCCC2CCCC2)nc(NN)n1. The number of rotatable bonds is 5. The maximum atomic E-state index is 5.31. The molecule has 2 rings (SSSR count). The third kappa shape index (κ3) is 3.56. The Morgan fingerprint density at radius 3 is 2.82 bits per heavy atom. The van der Waals surface area contributed by atoms with Crippen LogP contribution in [0.2, 0.25) is 0 Å². The zero-order valence-corrected chi connectivity index (χ0v) is 10.4. The van der Waals surface area contributed by atoms with Crippen LogP contribution < -0.4 is 16.6 Å². The first-order chi connectivity index (χ1) is 8.28. The summed E-state index contributed by atoms with van der Waals surface area (Å²) in [5, 5.41) is 3.34. The smallest absolute Gasteiger partial charge is 0.239 e. The minimum Gasteiger partial charge on any atom is -0.370 e. The number of nitrogen functional groups attached to an aromatic ring is 1. The summed E-state index contributed by atoms with van der Waals surface area (Å²) in [7, 11) is 0. The Balaban J connectivity index is 1.83. The Bertz CT molecular complexity index is 360. The van der Waals surface area contributed by atoms with E-state index in [1.165, 1.54) is 32.1 Å². The minimum atomic E-state index is 0.466. The second-order valence-corrected chi connectivity index (χ2v) is 4.73. The van der Waals surface area contributed by atoms with Crippen LogP contribution in [0.4, 0.5) is 11.8 Å². The number of anilines is 2. The Hall–Kier alpha value is -1.36. The van der Waals surface area contributed by atoms with Crippen molar-refractivity contribution >= 4 is 11.8 Å². The van der Waals surface area contributed by atoms with Crippen molar-refractivity contribution in [1.82, 2.24) is 9.97 Å². The van der Waals surface area contributed by atoms with Crippen molar-refractivity contribution in [2.24, 2.45) is 11.8 Å². The molecule has 17 heavy (non-hydrogen) atoms. The van der Waals surface area contributed by atoms with E-state index in [1.54, 1.807) is 0 Å². The average Bonchev–Trinajstić information content (AvgIpc) is 2.81. The van der Waals surface area contributed by atoms with E-state index in [1.807, 2.05) is 13.0 Å². The molecule has 0 bridgehead atoms. The van der Waals surface area contributed by atoms with Gasteiger partial charge in [0.05, 0.1) is 0 Å². The van der Waals surface area contributed by atoms with Crippen molar-refractivity contribution < 1.29 is 0 Å². The lowest BCUT2D eigenvalue weighted by atomic mass is 10.0. The molecule has 0 radical (unpaired) electrons. The molecule has 0 amide bonds. The number of hydrogen-bond acceptors (Lipinski definition) is 5. The second kappa shape index (κ2) is 5.82. The topological polar surface area (TPSA) is 75.9 Å². The lowest BCUT2D eigenvalue weighted by Gasteiger charge is -2.11. The molecule has 1 fully saturated rings. The van der Waals surface area contributed by atoms with Crippen LogP contribution >= 0.6 is 0 Å². The molecular formula is C12H21N5. The van der Waals surface area contributed by atoms with Crippen LogP contribution in [-0.2, 0) is 0 Å². The van der Waals surface area contributed by atoms with Gasteiger partial charge in [-0.1, -0.05) is 25.7 Å². The van der Waals surface area contributed by atoms with Crippen LogP contribution in [0, 0.1) is 12.8 Å². The molecule has 1 aromatic heterocycles. The quantitative estimate of drug-likeness (QED) is 0.538. The summed E-state index contributed by atoms with van der Waals surface area (Å²) < 4.78 is 0. The van der Waals surface area contributed by atoms with E-state index >= 15 is 0 Å². The van der Waals surface area contributed by atoms with E-state index in [4.69, 9.17) is 5.84 Å². The maximum absolute atomic E-state index is 5.31. The highest BCUT2D eigenvalue weighted by atomic mass is 15.3. The summed E-state index contributed by atoms with van der Waals surface area (Å²) >= 11 is 0. The zero-order chi connectivity index (χ0) is 12.1. The van der Waals surface area contributed by atoms with Gasteiger partial charge in [0.2, 0.25) is 5.95 Å². The van der Waals surface area contributed by atoms with E-state index in [0.717, 1.165) is 24.0 Å². The average molecular weight is 235 g/mol. The largest absolute Gasteiger partial charge is 0.370 e. The molecule has 5 nitrogen and oxygen atoms in total. The first kappa shape index (κ1) is 12.1. The minimum absolute atomic E-state index is 0.466. The van der Waals surface area contributed by atoms with E-state index < -0.39 is 0 Å². The van der Waals surface area contributed by atoms with Gasteiger partial charge in [-0.05, 0) is 19.3 Å². The summed E-state index contributed by atoms with van der Waals surface area (Å²) in [5.41, 5.74) is 3.39. The normalized spacial score (nSPS) is 16.1. The predicted molar refractivity (Wildman–Crippen MR) is 69.6 cm³/mol. The molecule has 5 heteroatoms. The molecule has 1 aliphatic rings. The van der Waals surface area contributed by atoms with Crippen molar-refractivity contribution in [3.8, 4) is 0 Å². The Morgan fingerprint density at radius 2 is 2.12 bits per heavy atom. The van der Waals surface area contributed by atoms with Crippen molar-refractivity contribution in [1.29, 1.82) is 0 Å². The molecule has 0 unspecified atom stereocenters. The van der Waals surface area contributed by atoms with Gasteiger partial charge in [-0.3, -0.25) is 5.43 Å². The third-order valence-electron chi connectivity index (χ3n) is 3.32. The van der Waals surface area contributed by atoms with Gasteiger partial charge in [0.25, 0.3) is 0 Å². The van der Waals surface area contributed by atoms with E-state index in [9.17, 15) is 0 Å². The molecule has 1 heterocycles. The standard InChI is InChI=1S/C12H21N5/c1-9-8-11(16-12(15-9)17-13)14-7-6-10-4-2-3-5-10/h8,10H,2-7,13H2,1H3,(H2,14,15,16,17). The van der Waals surface area contributed by atoms with Gasteiger partial charge in [0, 0.05) is 18.3 Å². The highest BCUT2D eigenvalue weighted by Gasteiger charge is 2.14. The number of nitrogens with one attached hydrogen (secondary N) is 2. The molecule has 1 aliphatic carbocycles. The number of aromatic nitrogens is 2. The van der Waals surface area contributed by atoms with Gasteiger partial charge in [-0.2, -0.15) is 4.98 Å². The molecule has 4 N–H and O–H groups in total. The van der Waals surface area contributed by atoms with E-state index in [2.05, 4.69) is 20.7 Å². The molecule has 1 saturated carbocycles. The second-order valence-electron chi connectivity index (χ2n) is 4.73. The maximum Gasteiger partial charge on any atom is 0.239 e. The van der Waals surface area contributed by atoms with Crippen LogP contribution in [0.15, 0.2) is 6.07 Å². The molecule has 0 aliphatic heterocycles. The van der Waals surface area contributed by atoms with Gasteiger partial charge >= 0.3 is 0 Å². The summed E-state index contributed by atoms with van der Waals surface area (Å²) in [6.45, 7) is 2.91. The van der Waals surface area contributed by atoms with Crippen molar-refractivity contribution in [3.63, 3.8) is 0 Å². The fraction of sp³-hybridized carbons (Fsp3) is 0.667. The molecule has 0 saturated heterocycles. The number of nitrogens with two attached hydrogens (primary N) is 1. The van der Waals surface area contributed by atoms with Crippen LogP contribution in [0.3, 0.4) is 0 Å². The summed E-state index contributed by atoms with van der Waals surface area (Å²) in [6.07, 6.45) is 6.81.